The zero-order chi connectivity index (χ0) is 8.10. The molecule has 1 rings (SSSR count). The molecule has 0 unspecified atom stereocenters. The SMILES string of the molecule is C#C/C=C\C1=C(C)NC=CO1. The molecule has 1 aliphatic heterocycles. The van der Waals surface area contributed by atoms with Crippen LogP contribution < -0.4 is 5.32 Å². The lowest BCUT2D eigenvalue weighted by molar-refractivity contribution is 0.348. The third kappa shape index (κ3) is 1.91. The summed E-state index contributed by atoms with van der Waals surface area (Å²) < 4.78 is 5.15. The maximum Gasteiger partial charge on any atom is 0.146 e. The van der Waals surface area contributed by atoms with Crippen molar-refractivity contribution in [2.45, 2.75) is 6.92 Å². The highest BCUT2D eigenvalue weighted by Gasteiger charge is 2.00. The average Bonchev–Trinajstić information content (AvgIpc) is 2.03. The molecule has 0 amide bonds. The second-order valence-electron chi connectivity index (χ2n) is 2.05. The predicted molar refractivity (Wildman–Crippen MR) is 44.0 cm³/mol. The molecule has 0 bridgehead atoms. The van der Waals surface area contributed by atoms with Crippen LogP contribution in [0.4, 0.5) is 0 Å². The van der Waals surface area contributed by atoms with E-state index >= 15 is 0 Å². The molecule has 0 aromatic heterocycles. The van der Waals surface area contributed by atoms with Crippen molar-refractivity contribution in [1.82, 2.24) is 5.32 Å². The lowest BCUT2D eigenvalue weighted by Crippen LogP contribution is -2.09. The maximum atomic E-state index is 5.15. The van der Waals surface area contributed by atoms with Crippen LogP contribution in [-0.4, -0.2) is 0 Å². The number of allylic oxidation sites excluding steroid dienone is 3. The van der Waals surface area contributed by atoms with Crippen molar-refractivity contribution in [1.29, 1.82) is 0 Å². The van der Waals surface area contributed by atoms with Crippen molar-refractivity contribution in [3.63, 3.8) is 0 Å². The van der Waals surface area contributed by atoms with Gasteiger partial charge in [0.2, 0.25) is 0 Å². The fraction of sp³-hybridized carbons (Fsp3) is 0.111. The first-order valence-corrected chi connectivity index (χ1v) is 3.26. The van der Waals surface area contributed by atoms with Gasteiger partial charge in [0.1, 0.15) is 12.0 Å². The number of hydrogen-bond acceptors (Lipinski definition) is 2. The summed E-state index contributed by atoms with van der Waals surface area (Å²) in [6.45, 7) is 1.92. The summed E-state index contributed by atoms with van der Waals surface area (Å²) in [6, 6.07) is 0. The van der Waals surface area contributed by atoms with Gasteiger partial charge in [0.25, 0.3) is 0 Å². The first-order valence-electron chi connectivity index (χ1n) is 3.26. The fourth-order valence-corrected chi connectivity index (χ4v) is 0.714. The first-order chi connectivity index (χ1) is 5.34. The molecule has 56 valence electrons. The second kappa shape index (κ2) is 3.52. The van der Waals surface area contributed by atoms with Crippen molar-refractivity contribution in [3.8, 4) is 12.3 Å². The third-order valence-corrected chi connectivity index (χ3v) is 1.26. The number of rotatable bonds is 1. The Kier molecular flexibility index (Phi) is 2.40. The summed E-state index contributed by atoms with van der Waals surface area (Å²) in [7, 11) is 0. The van der Waals surface area contributed by atoms with E-state index in [1.54, 1.807) is 24.6 Å². The van der Waals surface area contributed by atoms with Crippen molar-refractivity contribution in [2.75, 3.05) is 0 Å². The van der Waals surface area contributed by atoms with Crippen molar-refractivity contribution < 1.29 is 4.74 Å². The highest BCUT2D eigenvalue weighted by Crippen LogP contribution is 2.09. The molecule has 2 nitrogen and oxygen atoms in total. The van der Waals surface area contributed by atoms with Crippen LogP contribution in [0.2, 0.25) is 0 Å². The minimum absolute atomic E-state index is 0.755. The minimum Gasteiger partial charge on any atom is -0.462 e. The van der Waals surface area contributed by atoms with Gasteiger partial charge >= 0.3 is 0 Å². The Morgan fingerprint density at radius 2 is 2.55 bits per heavy atom. The van der Waals surface area contributed by atoms with E-state index in [0.29, 0.717) is 0 Å². The Hall–Kier alpha value is -1.62. The molecule has 0 aromatic carbocycles. The second-order valence-corrected chi connectivity index (χ2v) is 2.05. The van der Waals surface area contributed by atoms with E-state index in [9.17, 15) is 0 Å². The van der Waals surface area contributed by atoms with Crippen LogP contribution >= 0.6 is 0 Å². The van der Waals surface area contributed by atoms with Crippen LogP contribution in [0.3, 0.4) is 0 Å². The Morgan fingerprint density at radius 1 is 1.73 bits per heavy atom. The monoisotopic (exact) mass is 147 g/mol. The molecule has 1 N–H and O–H groups in total. The normalized spacial score (nSPS) is 16.0. The minimum atomic E-state index is 0.755. The molecule has 0 saturated heterocycles. The molecular formula is C9H9NO. The summed E-state index contributed by atoms with van der Waals surface area (Å²) in [4.78, 5) is 0. The van der Waals surface area contributed by atoms with Crippen molar-refractivity contribution in [2.24, 2.45) is 0 Å². The summed E-state index contributed by atoms with van der Waals surface area (Å²) in [6.07, 6.45) is 11.7. The molecule has 11 heavy (non-hydrogen) atoms. The topological polar surface area (TPSA) is 21.3 Å². The maximum absolute atomic E-state index is 5.15. The zero-order valence-corrected chi connectivity index (χ0v) is 6.29. The Morgan fingerprint density at radius 3 is 3.18 bits per heavy atom. The standard InChI is InChI=1S/C9H9NO/c1-3-4-5-9-8(2)10-6-7-11-9/h1,4-7,10H,2H3/b5-4-. The number of hydrogen-bond donors (Lipinski definition) is 1. The van der Waals surface area contributed by atoms with E-state index in [-0.39, 0.29) is 0 Å². The van der Waals surface area contributed by atoms with Gasteiger partial charge in [-0.2, -0.15) is 0 Å². The highest BCUT2D eigenvalue weighted by atomic mass is 16.5. The van der Waals surface area contributed by atoms with Crippen molar-refractivity contribution in [3.05, 3.63) is 36.1 Å². The van der Waals surface area contributed by atoms with Crippen LogP contribution in [0.5, 0.6) is 0 Å². The van der Waals surface area contributed by atoms with E-state index in [4.69, 9.17) is 11.2 Å². The number of nitrogens with one attached hydrogen (secondary N) is 1. The molecule has 0 spiro atoms. The van der Waals surface area contributed by atoms with Crippen molar-refractivity contribution >= 4 is 0 Å². The predicted octanol–water partition coefficient (Wildman–Crippen LogP) is 1.50. The molecule has 0 aliphatic carbocycles. The summed E-state index contributed by atoms with van der Waals surface area (Å²) in [5.41, 5.74) is 0.957. The van der Waals surface area contributed by atoms with E-state index < -0.39 is 0 Å². The van der Waals surface area contributed by atoms with E-state index in [0.717, 1.165) is 11.5 Å². The van der Waals surface area contributed by atoms with E-state index in [1.807, 2.05) is 6.92 Å². The lowest BCUT2D eigenvalue weighted by Gasteiger charge is -2.11. The smallest absolute Gasteiger partial charge is 0.146 e. The molecule has 1 aliphatic rings. The molecular weight excluding hydrogens is 138 g/mol. The highest BCUT2D eigenvalue weighted by molar-refractivity contribution is 5.26. The van der Waals surface area contributed by atoms with Gasteiger partial charge in [0.15, 0.2) is 0 Å². The summed E-state index contributed by atoms with van der Waals surface area (Å²) in [5, 5.41) is 3.00. The Bertz CT molecular complexity index is 266. The van der Waals surface area contributed by atoms with Crippen LogP contribution in [0.25, 0.3) is 0 Å². The molecule has 0 atom stereocenters. The molecule has 0 fully saturated rings. The average molecular weight is 147 g/mol. The van der Waals surface area contributed by atoms with E-state index in [1.165, 1.54) is 0 Å². The fourth-order valence-electron chi connectivity index (χ4n) is 0.714. The van der Waals surface area contributed by atoms with Crippen LogP contribution in [0.1, 0.15) is 6.92 Å². The molecule has 0 aromatic rings. The number of terminal acetylenes is 1. The largest absolute Gasteiger partial charge is 0.462 e. The van der Waals surface area contributed by atoms with Gasteiger partial charge in [-0.3, -0.25) is 0 Å². The molecule has 0 saturated carbocycles. The Labute approximate surface area is 66.2 Å². The summed E-state index contributed by atoms with van der Waals surface area (Å²) >= 11 is 0. The van der Waals surface area contributed by atoms with Gasteiger partial charge in [-0.15, -0.1) is 6.42 Å². The van der Waals surface area contributed by atoms with Gasteiger partial charge in [-0.25, -0.2) is 0 Å². The molecule has 0 radical (unpaired) electrons. The van der Waals surface area contributed by atoms with Crippen LogP contribution in [-0.2, 0) is 4.74 Å². The quantitative estimate of drug-likeness (QED) is 0.567. The Balaban J connectivity index is 2.71. The van der Waals surface area contributed by atoms with Gasteiger partial charge in [0, 0.05) is 6.20 Å². The number of ether oxygens (including phenoxy) is 1. The first kappa shape index (κ1) is 7.49. The van der Waals surface area contributed by atoms with Gasteiger partial charge in [-0.05, 0) is 19.1 Å². The molecule has 1 heterocycles. The summed E-state index contributed by atoms with van der Waals surface area (Å²) in [5.74, 6) is 3.14. The van der Waals surface area contributed by atoms with Gasteiger partial charge in [-0.1, -0.05) is 5.92 Å². The third-order valence-electron chi connectivity index (χ3n) is 1.26. The van der Waals surface area contributed by atoms with E-state index in [2.05, 4.69) is 11.2 Å². The van der Waals surface area contributed by atoms with Gasteiger partial charge in [0.05, 0.1) is 5.70 Å². The lowest BCUT2D eigenvalue weighted by atomic mass is 10.3. The molecule has 2 heteroatoms. The van der Waals surface area contributed by atoms with Crippen LogP contribution in [0.15, 0.2) is 36.1 Å². The van der Waals surface area contributed by atoms with Gasteiger partial charge < -0.3 is 10.1 Å². The van der Waals surface area contributed by atoms with Crippen LogP contribution in [0, 0.1) is 12.3 Å². The zero-order valence-electron chi connectivity index (χ0n) is 6.29.